The number of halogens is 2. The molecule has 1 amide bonds. The molecule has 180 valence electrons. The Morgan fingerprint density at radius 3 is 2.37 bits per heavy atom. The molecule has 0 saturated heterocycles. The van der Waals surface area contributed by atoms with Gasteiger partial charge in [-0.15, -0.1) is 21.5 Å². The highest BCUT2D eigenvalue weighted by Gasteiger charge is 2.22. The van der Waals surface area contributed by atoms with Crippen molar-refractivity contribution in [2.75, 3.05) is 18.2 Å². The molecule has 0 atom stereocenters. The number of thiophene rings is 1. The molecule has 2 heterocycles. The Hall–Kier alpha value is -2.85. The second kappa shape index (κ2) is 11.3. The molecule has 0 unspecified atom stereocenters. The summed E-state index contributed by atoms with van der Waals surface area (Å²) in [6.07, 6.45) is 0.596. The van der Waals surface area contributed by atoms with Crippen molar-refractivity contribution in [3.05, 3.63) is 80.9 Å². The fraction of sp³-hybridized carbons (Fsp3) is 0.167. The summed E-state index contributed by atoms with van der Waals surface area (Å²) >= 11 is 14.5. The summed E-state index contributed by atoms with van der Waals surface area (Å²) < 4.78 is 6.82. The van der Waals surface area contributed by atoms with Crippen molar-refractivity contribution in [2.24, 2.45) is 7.05 Å². The van der Waals surface area contributed by atoms with Gasteiger partial charge in [0.15, 0.2) is 5.16 Å². The number of methoxy groups -OCH3 is 1. The van der Waals surface area contributed by atoms with Gasteiger partial charge in [0.05, 0.1) is 12.9 Å². The fourth-order valence-corrected chi connectivity index (χ4v) is 5.25. The van der Waals surface area contributed by atoms with Gasteiger partial charge in [-0.2, -0.15) is 0 Å². The van der Waals surface area contributed by atoms with Crippen LogP contribution in [0.4, 0.5) is 5.00 Å². The van der Waals surface area contributed by atoms with E-state index in [1.165, 1.54) is 30.2 Å². The third-order valence-corrected chi connectivity index (χ3v) is 7.54. The van der Waals surface area contributed by atoms with E-state index in [1.807, 2.05) is 53.4 Å². The molecule has 0 radical (unpaired) electrons. The van der Waals surface area contributed by atoms with Crippen molar-refractivity contribution in [1.29, 1.82) is 0 Å². The second-order valence-electron chi connectivity index (χ2n) is 7.45. The van der Waals surface area contributed by atoms with Crippen LogP contribution in [-0.4, -0.2) is 39.5 Å². The Morgan fingerprint density at radius 1 is 1.06 bits per heavy atom. The van der Waals surface area contributed by atoms with E-state index in [0.29, 0.717) is 37.8 Å². The summed E-state index contributed by atoms with van der Waals surface area (Å²) in [7, 11) is 3.17. The number of ether oxygens (including phenoxy) is 1. The van der Waals surface area contributed by atoms with Gasteiger partial charge < -0.3 is 14.6 Å². The number of benzene rings is 2. The van der Waals surface area contributed by atoms with Crippen LogP contribution in [0.5, 0.6) is 0 Å². The maximum absolute atomic E-state index is 12.7. The molecule has 11 heteroatoms. The largest absolute Gasteiger partial charge is 0.465 e. The number of thioether (sulfide) groups is 1. The number of hydrogen-bond donors (Lipinski definition) is 1. The number of carbonyl (C=O) groups excluding carboxylic acids is 2. The molecule has 7 nitrogen and oxygen atoms in total. The third kappa shape index (κ3) is 6.05. The minimum Gasteiger partial charge on any atom is -0.465 e. The summed E-state index contributed by atoms with van der Waals surface area (Å²) in [6.45, 7) is 0. The summed E-state index contributed by atoms with van der Waals surface area (Å²) in [4.78, 5) is 25.2. The molecule has 0 aliphatic carbocycles. The van der Waals surface area contributed by atoms with Crippen LogP contribution in [0, 0.1) is 0 Å². The number of aromatic nitrogens is 3. The minimum atomic E-state index is -0.528. The van der Waals surface area contributed by atoms with Crippen molar-refractivity contribution < 1.29 is 14.3 Å². The van der Waals surface area contributed by atoms with E-state index in [9.17, 15) is 9.59 Å². The van der Waals surface area contributed by atoms with Crippen molar-refractivity contribution in [3.63, 3.8) is 0 Å². The molecular weight excluding hydrogens is 527 g/mol. The van der Waals surface area contributed by atoms with E-state index in [2.05, 4.69) is 15.5 Å². The van der Waals surface area contributed by atoms with Crippen molar-refractivity contribution >= 4 is 63.2 Å². The van der Waals surface area contributed by atoms with E-state index < -0.39 is 5.97 Å². The zero-order valence-corrected chi connectivity index (χ0v) is 21.9. The number of anilines is 1. The fourth-order valence-electron chi connectivity index (χ4n) is 3.30. The zero-order valence-electron chi connectivity index (χ0n) is 18.7. The Labute approximate surface area is 220 Å². The number of rotatable bonds is 8. The maximum atomic E-state index is 12.7. The van der Waals surface area contributed by atoms with Crippen LogP contribution in [0.25, 0.3) is 11.1 Å². The van der Waals surface area contributed by atoms with Gasteiger partial charge in [-0.05, 0) is 35.4 Å². The average Bonchev–Trinajstić information content (AvgIpc) is 3.42. The third-order valence-electron chi connectivity index (χ3n) is 5.12. The second-order valence-corrected chi connectivity index (χ2v) is 10.1. The van der Waals surface area contributed by atoms with Crippen molar-refractivity contribution in [2.45, 2.75) is 11.6 Å². The smallest absolute Gasteiger partial charge is 0.341 e. The first kappa shape index (κ1) is 25.2. The lowest BCUT2D eigenvalue weighted by atomic mass is 10.0. The van der Waals surface area contributed by atoms with Gasteiger partial charge in [0.2, 0.25) is 5.91 Å². The van der Waals surface area contributed by atoms with Crippen LogP contribution in [0.2, 0.25) is 10.0 Å². The number of nitrogens with zero attached hydrogens (tertiary/aromatic N) is 3. The SMILES string of the molecule is COC(=O)c1c(-c2ccc(Cl)cc2)csc1NC(=O)CSc1nnc(Cc2ccc(Cl)cc2)n1C. The summed E-state index contributed by atoms with van der Waals surface area (Å²) in [5, 5.41) is 15.4. The maximum Gasteiger partial charge on any atom is 0.341 e. The molecule has 0 fully saturated rings. The Morgan fingerprint density at radius 2 is 1.71 bits per heavy atom. The minimum absolute atomic E-state index is 0.0989. The number of hydrogen-bond acceptors (Lipinski definition) is 7. The van der Waals surface area contributed by atoms with Crippen molar-refractivity contribution in [1.82, 2.24) is 14.8 Å². The van der Waals surface area contributed by atoms with Gasteiger partial charge in [0, 0.05) is 34.5 Å². The molecule has 0 bridgehead atoms. The first-order valence-electron chi connectivity index (χ1n) is 10.4. The van der Waals surface area contributed by atoms with Crippen LogP contribution >= 0.6 is 46.3 Å². The van der Waals surface area contributed by atoms with E-state index in [4.69, 9.17) is 27.9 Å². The standard InChI is InChI=1S/C24H20Cl2N4O3S2/c1-30-19(11-14-3-7-16(25)8-4-14)28-29-24(30)35-13-20(31)27-22-21(23(32)33-2)18(12-34-22)15-5-9-17(26)10-6-15/h3-10,12H,11,13H2,1-2H3,(H,27,31). The number of amides is 1. The number of esters is 1. The molecule has 0 spiro atoms. The van der Waals surface area contributed by atoms with Crippen LogP contribution < -0.4 is 5.32 Å². The molecule has 2 aromatic heterocycles. The van der Waals surface area contributed by atoms with Gasteiger partial charge in [-0.1, -0.05) is 59.2 Å². The molecule has 0 aliphatic rings. The van der Waals surface area contributed by atoms with Gasteiger partial charge >= 0.3 is 5.97 Å². The van der Waals surface area contributed by atoms with Crippen LogP contribution in [0.15, 0.2) is 59.1 Å². The topological polar surface area (TPSA) is 86.1 Å². The van der Waals surface area contributed by atoms with Crippen LogP contribution in [0.1, 0.15) is 21.7 Å². The molecule has 1 N–H and O–H groups in total. The van der Waals surface area contributed by atoms with Crippen LogP contribution in [-0.2, 0) is 23.0 Å². The highest BCUT2D eigenvalue weighted by Crippen LogP contribution is 2.36. The molecule has 0 saturated carbocycles. The highest BCUT2D eigenvalue weighted by atomic mass is 35.5. The number of nitrogens with one attached hydrogen (secondary N) is 1. The van der Waals surface area contributed by atoms with E-state index in [1.54, 1.807) is 12.1 Å². The average molecular weight is 547 g/mol. The lowest BCUT2D eigenvalue weighted by molar-refractivity contribution is -0.113. The zero-order chi connectivity index (χ0) is 24.9. The summed E-state index contributed by atoms with van der Waals surface area (Å²) in [5.74, 6) is 0.0714. The molecule has 35 heavy (non-hydrogen) atoms. The van der Waals surface area contributed by atoms with E-state index in [-0.39, 0.29) is 11.7 Å². The number of carbonyl (C=O) groups is 2. The molecule has 0 aliphatic heterocycles. The van der Waals surface area contributed by atoms with Crippen LogP contribution in [0.3, 0.4) is 0 Å². The molecule has 2 aromatic carbocycles. The quantitative estimate of drug-likeness (QED) is 0.217. The first-order chi connectivity index (χ1) is 16.9. The Kier molecular flexibility index (Phi) is 8.12. The summed E-state index contributed by atoms with van der Waals surface area (Å²) in [6, 6.07) is 14.7. The van der Waals surface area contributed by atoms with Crippen molar-refractivity contribution in [3.8, 4) is 11.1 Å². The van der Waals surface area contributed by atoms with Gasteiger partial charge in [0.25, 0.3) is 0 Å². The Bertz CT molecular complexity index is 1350. The lowest BCUT2D eigenvalue weighted by Crippen LogP contribution is -2.16. The monoisotopic (exact) mass is 546 g/mol. The Balaban J connectivity index is 1.43. The predicted octanol–water partition coefficient (Wildman–Crippen LogP) is 5.96. The van der Waals surface area contributed by atoms with Gasteiger partial charge in [-0.3, -0.25) is 4.79 Å². The molecule has 4 rings (SSSR count). The predicted molar refractivity (Wildman–Crippen MR) is 141 cm³/mol. The summed E-state index contributed by atoms with van der Waals surface area (Å²) in [5.41, 5.74) is 2.83. The van der Waals surface area contributed by atoms with Gasteiger partial charge in [-0.25, -0.2) is 4.79 Å². The first-order valence-corrected chi connectivity index (χ1v) is 13.0. The molecule has 4 aromatic rings. The lowest BCUT2D eigenvalue weighted by Gasteiger charge is -2.08. The molecular formula is C24H20Cl2N4O3S2. The van der Waals surface area contributed by atoms with Gasteiger partial charge in [0.1, 0.15) is 16.4 Å². The highest BCUT2D eigenvalue weighted by molar-refractivity contribution is 7.99. The van der Waals surface area contributed by atoms with E-state index in [0.717, 1.165) is 17.0 Å². The van der Waals surface area contributed by atoms with E-state index >= 15 is 0 Å². The normalized spacial score (nSPS) is 10.9.